The molecular formula is C20H28N4O3S. The monoisotopic (exact) mass is 404 g/mol. The van der Waals surface area contributed by atoms with Gasteiger partial charge in [0.1, 0.15) is 6.54 Å². The number of esters is 1. The van der Waals surface area contributed by atoms with Gasteiger partial charge in [0, 0.05) is 12.1 Å². The molecule has 2 rings (SSSR count). The molecule has 152 valence electrons. The Hall–Kier alpha value is -2.35. The van der Waals surface area contributed by atoms with E-state index in [1.54, 1.807) is 6.92 Å². The topological polar surface area (TPSA) is 86.1 Å². The summed E-state index contributed by atoms with van der Waals surface area (Å²) in [6, 6.07) is 8.33. The molecule has 0 aliphatic heterocycles. The molecule has 0 bridgehead atoms. The van der Waals surface area contributed by atoms with Crippen LogP contribution in [0, 0.1) is 0 Å². The summed E-state index contributed by atoms with van der Waals surface area (Å²) in [4.78, 5) is 23.2. The van der Waals surface area contributed by atoms with Gasteiger partial charge < -0.3 is 14.6 Å². The second-order valence-corrected chi connectivity index (χ2v) is 8.19. The molecule has 1 aromatic carbocycles. The van der Waals surface area contributed by atoms with Crippen LogP contribution in [0.1, 0.15) is 40.2 Å². The molecule has 0 spiro atoms. The maximum Gasteiger partial charge on any atom is 0.325 e. The van der Waals surface area contributed by atoms with Crippen LogP contribution in [0.3, 0.4) is 0 Å². The number of hydrogen-bond donors (Lipinski definition) is 1. The summed E-state index contributed by atoms with van der Waals surface area (Å²) in [6.07, 6.45) is 0. The number of rotatable bonds is 8. The van der Waals surface area contributed by atoms with Crippen molar-refractivity contribution >= 4 is 23.6 Å². The number of benzene rings is 1. The molecule has 0 atom stereocenters. The minimum absolute atomic E-state index is 0.0921. The average molecular weight is 405 g/mol. The predicted octanol–water partition coefficient (Wildman–Crippen LogP) is 3.03. The maximum absolute atomic E-state index is 11.9. The molecule has 8 heteroatoms. The molecule has 2 aromatic rings. The summed E-state index contributed by atoms with van der Waals surface area (Å²) in [5, 5.41) is 11.8. The van der Waals surface area contributed by atoms with E-state index in [0.29, 0.717) is 18.3 Å². The van der Waals surface area contributed by atoms with Crippen molar-refractivity contribution in [3.05, 3.63) is 29.8 Å². The summed E-state index contributed by atoms with van der Waals surface area (Å²) < 4.78 is 6.77. The maximum atomic E-state index is 11.9. The van der Waals surface area contributed by atoms with Gasteiger partial charge in [-0.1, -0.05) is 56.8 Å². The SMILES string of the molecule is CCOC(=O)CNC(=O)CSc1nnc(-c2ccc(C(C)(C)C)cc2)n1CC. The lowest BCUT2D eigenvalue weighted by atomic mass is 9.87. The van der Waals surface area contributed by atoms with E-state index in [1.807, 2.05) is 11.5 Å². The standard InChI is InChI=1S/C20H28N4O3S/c1-6-24-18(14-8-10-15(11-9-14)20(3,4)5)22-23-19(24)28-13-16(25)21-12-17(26)27-7-2/h8-11H,6-7,12-13H2,1-5H3,(H,21,25). The van der Waals surface area contributed by atoms with Crippen molar-refractivity contribution in [3.63, 3.8) is 0 Å². The highest BCUT2D eigenvalue weighted by molar-refractivity contribution is 7.99. The van der Waals surface area contributed by atoms with E-state index in [4.69, 9.17) is 4.74 Å². The Morgan fingerprint density at radius 1 is 1.14 bits per heavy atom. The largest absolute Gasteiger partial charge is 0.465 e. The highest BCUT2D eigenvalue weighted by Crippen LogP contribution is 2.27. The summed E-state index contributed by atoms with van der Waals surface area (Å²) in [6.45, 7) is 11.1. The molecule has 28 heavy (non-hydrogen) atoms. The van der Waals surface area contributed by atoms with E-state index in [2.05, 4.69) is 60.6 Å². The van der Waals surface area contributed by atoms with Crippen LogP contribution in [-0.2, 0) is 26.3 Å². The van der Waals surface area contributed by atoms with E-state index in [-0.39, 0.29) is 23.6 Å². The molecular weight excluding hydrogens is 376 g/mol. The van der Waals surface area contributed by atoms with Gasteiger partial charge in [-0.25, -0.2) is 0 Å². The third-order valence-electron chi connectivity index (χ3n) is 4.11. The molecule has 0 saturated carbocycles. The van der Waals surface area contributed by atoms with Crippen molar-refractivity contribution in [1.82, 2.24) is 20.1 Å². The van der Waals surface area contributed by atoms with Crippen LogP contribution < -0.4 is 5.32 Å². The zero-order valence-electron chi connectivity index (χ0n) is 17.1. The molecule has 0 saturated heterocycles. The number of nitrogens with one attached hydrogen (secondary N) is 1. The second kappa shape index (κ2) is 9.73. The van der Waals surface area contributed by atoms with Crippen LogP contribution in [0.2, 0.25) is 0 Å². The van der Waals surface area contributed by atoms with Gasteiger partial charge in [-0.2, -0.15) is 0 Å². The Labute approximate surface area is 170 Å². The third-order valence-corrected chi connectivity index (χ3v) is 5.08. The van der Waals surface area contributed by atoms with Gasteiger partial charge in [0.25, 0.3) is 0 Å². The first-order valence-corrected chi connectivity index (χ1v) is 10.3. The van der Waals surface area contributed by atoms with Crippen LogP contribution >= 0.6 is 11.8 Å². The van der Waals surface area contributed by atoms with Gasteiger partial charge in [-0.05, 0) is 24.8 Å². The number of hydrogen-bond acceptors (Lipinski definition) is 6. The van der Waals surface area contributed by atoms with Crippen LogP contribution in [0.15, 0.2) is 29.4 Å². The third kappa shape index (κ3) is 5.82. The Morgan fingerprint density at radius 3 is 2.39 bits per heavy atom. The number of carbonyl (C=O) groups is 2. The normalized spacial score (nSPS) is 11.3. The fraction of sp³-hybridized carbons (Fsp3) is 0.500. The van der Waals surface area contributed by atoms with Gasteiger partial charge in [0.05, 0.1) is 12.4 Å². The molecule has 0 radical (unpaired) electrons. The van der Waals surface area contributed by atoms with Crippen molar-refractivity contribution in [1.29, 1.82) is 0 Å². The van der Waals surface area contributed by atoms with Crippen LogP contribution in [0.25, 0.3) is 11.4 Å². The molecule has 1 aromatic heterocycles. The van der Waals surface area contributed by atoms with E-state index >= 15 is 0 Å². The number of amides is 1. The van der Waals surface area contributed by atoms with Crippen molar-refractivity contribution in [2.24, 2.45) is 0 Å². The lowest BCUT2D eigenvalue weighted by Gasteiger charge is -2.19. The van der Waals surface area contributed by atoms with Gasteiger partial charge in [-0.3, -0.25) is 9.59 Å². The molecule has 1 amide bonds. The van der Waals surface area contributed by atoms with Crippen molar-refractivity contribution in [3.8, 4) is 11.4 Å². The van der Waals surface area contributed by atoms with Crippen LogP contribution in [0.5, 0.6) is 0 Å². The Kier molecular flexibility index (Phi) is 7.62. The number of nitrogens with zero attached hydrogens (tertiary/aromatic N) is 3. The van der Waals surface area contributed by atoms with Crippen LogP contribution in [0.4, 0.5) is 0 Å². The smallest absolute Gasteiger partial charge is 0.325 e. The quantitative estimate of drug-likeness (QED) is 0.538. The van der Waals surface area contributed by atoms with E-state index < -0.39 is 5.97 Å². The molecule has 0 fully saturated rings. The minimum atomic E-state index is -0.446. The lowest BCUT2D eigenvalue weighted by Crippen LogP contribution is -2.31. The lowest BCUT2D eigenvalue weighted by molar-refractivity contribution is -0.143. The van der Waals surface area contributed by atoms with Crippen molar-refractivity contribution < 1.29 is 14.3 Å². The predicted molar refractivity (Wildman–Crippen MR) is 110 cm³/mol. The van der Waals surface area contributed by atoms with Crippen molar-refractivity contribution in [2.45, 2.75) is 51.7 Å². The Morgan fingerprint density at radius 2 is 1.82 bits per heavy atom. The zero-order chi connectivity index (χ0) is 20.7. The molecule has 0 aliphatic carbocycles. The van der Waals surface area contributed by atoms with Gasteiger partial charge in [-0.15, -0.1) is 10.2 Å². The fourth-order valence-electron chi connectivity index (χ4n) is 2.58. The summed E-state index contributed by atoms with van der Waals surface area (Å²) >= 11 is 1.29. The number of carbonyl (C=O) groups excluding carboxylic acids is 2. The van der Waals surface area contributed by atoms with E-state index in [1.165, 1.54) is 17.3 Å². The fourth-order valence-corrected chi connectivity index (χ4v) is 3.41. The van der Waals surface area contributed by atoms with Crippen LogP contribution in [-0.4, -0.2) is 45.5 Å². The summed E-state index contributed by atoms with van der Waals surface area (Å²) in [5.41, 5.74) is 2.34. The number of ether oxygens (including phenoxy) is 1. The first-order chi connectivity index (χ1) is 13.3. The van der Waals surface area contributed by atoms with E-state index in [0.717, 1.165) is 11.4 Å². The number of thioether (sulfide) groups is 1. The first kappa shape index (κ1) is 21.9. The van der Waals surface area contributed by atoms with Crippen molar-refractivity contribution in [2.75, 3.05) is 18.9 Å². The Bertz CT molecular complexity index is 810. The van der Waals surface area contributed by atoms with Gasteiger partial charge in [0.2, 0.25) is 5.91 Å². The molecule has 1 heterocycles. The van der Waals surface area contributed by atoms with Gasteiger partial charge in [0.15, 0.2) is 11.0 Å². The summed E-state index contributed by atoms with van der Waals surface area (Å²) in [7, 11) is 0. The highest BCUT2D eigenvalue weighted by Gasteiger charge is 2.17. The highest BCUT2D eigenvalue weighted by atomic mass is 32.2. The summed E-state index contributed by atoms with van der Waals surface area (Å²) in [5.74, 6) is 0.233. The average Bonchev–Trinajstić information content (AvgIpc) is 3.07. The Balaban J connectivity index is 2.03. The molecule has 0 unspecified atom stereocenters. The molecule has 7 nitrogen and oxygen atoms in total. The molecule has 0 aliphatic rings. The number of aromatic nitrogens is 3. The minimum Gasteiger partial charge on any atom is -0.465 e. The second-order valence-electron chi connectivity index (χ2n) is 7.25. The van der Waals surface area contributed by atoms with E-state index in [9.17, 15) is 9.59 Å². The zero-order valence-corrected chi connectivity index (χ0v) is 17.9. The first-order valence-electron chi connectivity index (χ1n) is 9.35. The van der Waals surface area contributed by atoms with Gasteiger partial charge >= 0.3 is 5.97 Å². The molecule has 1 N–H and O–H groups in total.